The fourth-order valence-electron chi connectivity index (χ4n) is 4.15. The third-order valence-electron chi connectivity index (χ3n) is 6.24. The number of nitrogens with one attached hydrogen (secondary N) is 2. The second-order valence-corrected chi connectivity index (χ2v) is 12.7. The van der Waals surface area contributed by atoms with Crippen LogP contribution in [0, 0.1) is 11.3 Å². The zero-order chi connectivity index (χ0) is 28.4. The number of benzene rings is 2. The lowest BCUT2D eigenvalue weighted by Crippen LogP contribution is -2.55. The summed E-state index contributed by atoms with van der Waals surface area (Å²) in [7, 11) is -4.06. The number of amides is 2. The van der Waals surface area contributed by atoms with Crippen LogP contribution in [0.1, 0.15) is 52.5 Å². The van der Waals surface area contributed by atoms with E-state index in [-0.39, 0.29) is 55.6 Å². The first-order valence-corrected chi connectivity index (χ1v) is 14.3. The molecule has 2 amide bonds. The summed E-state index contributed by atoms with van der Waals surface area (Å²) in [6, 6.07) is 17.2. The lowest BCUT2D eigenvalue weighted by Gasteiger charge is -2.39. The average Bonchev–Trinajstić information content (AvgIpc) is 2.83. The highest BCUT2D eigenvalue weighted by Crippen LogP contribution is 2.30. The van der Waals surface area contributed by atoms with Gasteiger partial charge in [-0.05, 0) is 35.4 Å². The Hall–Kier alpha value is -2.95. The largest absolute Gasteiger partial charge is 0.465 e. The van der Waals surface area contributed by atoms with Crippen LogP contribution in [0.4, 0.5) is 4.79 Å². The molecule has 4 N–H and O–H groups in total. The predicted molar refractivity (Wildman–Crippen MR) is 147 cm³/mol. The van der Waals surface area contributed by atoms with E-state index < -0.39 is 27.3 Å². The first-order chi connectivity index (χ1) is 17.7. The lowest BCUT2D eigenvalue weighted by atomic mass is 9.89. The highest BCUT2D eigenvalue weighted by molar-refractivity contribution is 7.89. The first-order valence-electron chi connectivity index (χ1n) is 12.8. The van der Waals surface area contributed by atoms with Gasteiger partial charge in [-0.2, -0.15) is 4.31 Å². The molecular weight excluding hydrogens is 506 g/mol. The fraction of sp³-hybridized carbons (Fsp3) is 0.500. The van der Waals surface area contributed by atoms with E-state index in [4.69, 9.17) is 5.11 Å². The number of rotatable bonds is 15. The standard InChI is InChI=1S/C28H41N3O6S/c1-22(2)15-18-31(38(36,37)24-13-9-6-10-14-24)28(35,19-23-11-7-5-8-12-23)16-17-29-25(32)20-27(3,4)21-30-26(33)34/h5-14,22,30,35H,15-21H2,1-4H3,(H,29,32)(H,33,34). The van der Waals surface area contributed by atoms with E-state index in [1.165, 1.54) is 16.4 Å². The molecule has 0 saturated heterocycles. The van der Waals surface area contributed by atoms with Crippen molar-refractivity contribution in [1.82, 2.24) is 14.9 Å². The Balaban J connectivity index is 2.31. The van der Waals surface area contributed by atoms with Crippen molar-refractivity contribution < 1.29 is 28.2 Å². The molecule has 2 aromatic carbocycles. The second kappa shape index (κ2) is 13.7. The number of sulfonamides is 1. The van der Waals surface area contributed by atoms with Gasteiger partial charge >= 0.3 is 6.09 Å². The monoisotopic (exact) mass is 547 g/mol. The van der Waals surface area contributed by atoms with Gasteiger partial charge in [0.05, 0.1) is 4.90 Å². The molecule has 210 valence electrons. The van der Waals surface area contributed by atoms with Crippen LogP contribution < -0.4 is 10.6 Å². The summed E-state index contributed by atoms with van der Waals surface area (Å²) in [5, 5.41) is 26.0. The van der Waals surface area contributed by atoms with Gasteiger partial charge in [-0.15, -0.1) is 0 Å². The first kappa shape index (κ1) is 31.3. The van der Waals surface area contributed by atoms with Gasteiger partial charge in [0.1, 0.15) is 5.72 Å². The number of carboxylic acid groups (broad SMARTS) is 1. The molecule has 0 fully saturated rings. The molecule has 10 heteroatoms. The molecule has 1 atom stereocenters. The molecule has 9 nitrogen and oxygen atoms in total. The van der Waals surface area contributed by atoms with Crippen molar-refractivity contribution in [2.45, 2.75) is 64.0 Å². The van der Waals surface area contributed by atoms with Gasteiger partial charge in [0.15, 0.2) is 0 Å². The van der Waals surface area contributed by atoms with E-state index >= 15 is 0 Å². The van der Waals surface area contributed by atoms with Gasteiger partial charge in [-0.1, -0.05) is 76.2 Å². The number of aliphatic hydroxyl groups is 1. The molecule has 0 aliphatic heterocycles. The van der Waals surface area contributed by atoms with Crippen LogP contribution in [0.15, 0.2) is 65.6 Å². The number of carbonyl (C=O) groups is 2. The molecule has 1 unspecified atom stereocenters. The van der Waals surface area contributed by atoms with Gasteiger partial charge in [-0.3, -0.25) is 4.79 Å². The molecule has 0 aromatic heterocycles. The minimum absolute atomic E-state index is 0.0348. The summed E-state index contributed by atoms with van der Waals surface area (Å²) in [6.07, 6.45) is -0.553. The number of hydrogen-bond donors (Lipinski definition) is 4. The summed E-state index contributed by atoms with van der Waals surface area (Å²) in [5.74, 6) is -0.116. The van der Waals surface area contributed by atoms with Crippen molar-refractivity contribution in [3.63, 3.8) is 0 Å². The summed E-state index contributed by atoms with van der Waals surface area (Å²) in [6.45, 7) is 7.78. The van der Waals surface area contributed by atoms with Gasteiger partial charge in [0.25, 0.3) is 0 Å². The third kappa shape index (κ3) is 9.74. The Morgan fingerprint density at radius 3 is 2.11 bits per heavy atom. The Morgan fingerprint density at radius 2 is 1.55 bits per heavy atom. The normalized spacial score (nSPS) is 13.8. The van der Waals surface area contributed by atoms with Crippen LogP contribution in [0.2, 0.25) is 0 Å². The molecular formula is C28H41N3O6S. The van der Waals surface area contributed by atoms with Crippen molar-refractivity contribution >= 4 is 22.0 Å². The molecule has 0 bridgehead atoms. The Morgan fingerprint density at radius 1 is 0.974 bits per heavy atom. The number of nitrogens with zero attached hydrogens (tertiary/aromatic N) is 1. The molecule has 0 aliphatic carbocycles. The summed E-state index contributed by atoms with van der Waals surface area (Å²) in [4.78, 5) is 23.6. The van der Waals surface area contributed by atoms with Crippen LogP contribution in [0.5, 0.6) is 0 Å². The summed E-state index contributed by atoms with van der Waals surface area (Å²) < 4.78 is 28.8. The molecule has 2 aromatic rings. The van der Waals surface area contributed by atoms with Crippen molar-refractivity contribution in [3.8, 4) is 0 Å². The highest BCUT2D eigenvalue weighted by atomic mass is 32.2. The zero-order valence-corrected chi connectivity index (χ0v) is 23.5. The molecule has 0 radical (unpaired) electrons. The zero-order valence-electron chi connectivity index (χ0n) is 22.7. The minimum Gasteiger partial charge on any atom is -0.465 e. The molecule has 0 aliphatic rings. The van der Waals surface area contributed by atoms with E-state index in [0.717, 1.165) is 5.56 Å². The number of carbonyl (C=O) groups excluding carboxylic acids is 1. The average molecular weight is 548 g/mol. The van der Waals surface area contributed by atoms with Crippen molar-refractivity contribution in [1.29, 1.82) is 0 Å². The van der Waals surface area contributed by atoms with Crippen LogP contribution in [0.25, 0.3) is 0 Å². The predicted octanol–water partition coefficient (Wildman–Crippen LogP) is 3.84. The summed E-state index contributed by atoms with van der Waals surface area (Å²) >= 11 is 0. The molecule has 0 spiro atoms. The molecule has 0 saturated carbocycles. The van der Waals surface area contributed by atoms with E-state index in [1.54, 1.807) is 32.0 Å². The maximum Gasteiger partial charge on any atom is 0.404 e. The second-order valence-electron chi connectivity index (χ2n) is 10.8. The maximum absolute atomic E-state index is 13.8. The highest BCUT2D eigenvalue weighted by Gasteiger charge is 2.42. The van der Waals surface area contributed by atoms with E-state index in [1.807, 2.05) is 44.2 Å². The molecule has 0 heterocycles. The topological polar surface area (TPSA) is 136 Å². The van der Waals surface area contributed by atoms with Gasteiger partial charge in [0, 0.05) is 38.9 Å². The SMILES string of the molecule is CC(C)CCN(C(O)(CCNC(=O)CC(C)(C)CNC(=O)O)Cc1ccccc1)S(=O)(=O)c1ccccc1. The smallest absolute Gasteiger partial charge is 0.404 e. The quantitative estimate of drug-likeness (QED) is 0.250. The van der Waals surface area contributed by atoms with Crippen LogP contribution in [-0.2, 0) is 21.2 Å². The Labute approximate surface area is 226 Å². The third-order valence-corrected chi connectivity index (χ3v) is 8.21. The van der Waals surface area contributed by atoms with Crippen LogP contribution in [0.3, 0.4) is 0 Å². The van der Waals surface area contributed by atoms with E-state index in [0.29, 0.717) is 6.42 Å². The molecule has 2 rings (SSSR count). The van der Waals surface area contributed by atoms with E-state index in [2.05, 4.69) is 10.6 Å². The van der Waals surface area contributed by atoms with E-state index in [9.17, 15) is 23.1 Å². The minimum atomic E-state index is -4.06. The van der Waals surface area contributed by atoms with Gasteiger partial charge in [-0.25, -0.2) is 13.2 Å². The number of hydrogen-bond acceptors (Lipinski definition) is 5. The summed E-state index contributed by atoms with van der Waals surface area (Å²) in [5.41, 5.74) is -1.67. The van der Waals surface area contributed by atoms with Gasteiger partial charge in [0.2, 0.25) is 15.9 Å². The van der Waals surface area contributed by atoms with Crippen molar-refractivity contribution in [2.24, 2.45) is 11.3 Å². The van der Waals surface area contributed by atoms with Crippen molar-refractivity contribution in [3.05, 3.63) is 66.2 Å². The molecule has 38 heavy (non-hydrogen) atoms. The fourth-order valence-corrected chi connectivity index (χ4v) is 5.85. The van der Waals surface area contributed by atoms with Gasteiger partial charge < -0.3 is 20.8 Å². The lowest BCUT2D eigenvalue weighted by molar-refractivity contribution is -0.123. The maximum atomic E-state index is 13.8. The van der Waals surface area contributed by atoms with Crippen molar-refractivity contribution in [2.75, 3.05) is 19.6 Å². The van der Waals surface area contributed by atoms with Crippen LogP contribution in [-0.4, -0.2) is 60.3 Å². The van der Waals surface area contributed by atoms with Crippen LogP contribution >= 0.6 is 0 Å². The Kier molecular flexibility index (Phi) is 11.3. The Bertz CT molecular complexity index is 1140.